The van der Waals surface area contributed by atoms with E-state index in [1.54, 1.807) is 16.2 Å². The second kappa shape index (κ2) is 4.66. The fourth-order valence-corrected chi connectivity index (χ4v) is 4.52. The van der Waals surface area contributed by atoms with Crippen LogP contribution in [0, 0.1) is 0 Å². The maximum Gasteiger partial charge on any atom is 0.273 e. The third-order valence-corrected chi connectivity index (χ3v) is 6.61. The summed E-state index contributed by atoms with van der Waals surface area (Å²) in [6, 6.07) is 0. The van der Waals surface area contributed by atoms with Gasteiger partial charge < -0.3 is 4.90 Å². The summed E-state index contributed by atoms with van der Waals surface area (Å²) in [6.07, 6.45) is 2.41. The van der Waals surface area contributed by atoms with Crippen LogP contribution in [-0.2, 0) is 10.8 Å². The lowest BCUT2D eigenvalue weighted by atomic mass is 10.2. The van der Waals surface area contributed by atoms with Crippen LogP contribution in [0.25, 0.3) is 0 Å². The van der Waals surface area contributed by atoms with Gasteiger partial charge in [-0.3, -0.25) is 9.00 Å². The molecule has 0 spiro atoms. The average molecular weight is 298 g/mol. The quantitative estimate of drug-likeness (QED) is 0.839. The largest absolute Gasteiger partial charge is 0.335 e. The van der Waals surface area contributed by atoms with Crippen LogP contribution in [0.4, 0.5) is 0 Å². The minimum atomic E-state index is -0.848. The molecule has 1 aromatic rings. The molecule has 2 fully saturated rings. The molecule has 0 bridgehead atoms. The Labute approximate surface area is 119 Å². The Bertz CT molecular complexity index is 535. The number of thiazole rings is 1. The smallest absolute Gasteiger partial charge is 0.273 e. The van der Waals surface area contributed by atoms with E-state index in [-0.39, 0.29) is 10.7 Å². The van der Waals surface area contributed by atoms with E-state index < -0.39 is 10.8 Å². The number of hydrogen-bond donors (Lipinski definition) is 0. The fourth-order valence-electron chi connectivity index (χ4n) is 2.32. The molecule has 104 valence electrons. The van der Waals surface area contributed by atoms with Gasteiger partial charge in [-0.1, -0.05) is 0 Å². The van der Waals surface area contributed by atoms with Crippen molar-refractivity contribution in [2.75, 3.05) is 18.8 Å². The van der Waals surface area contributed by atoms with Crippen molar-refractivity contribution in [3.05, 3.63) is 16.1 Å². The highest BCUT2D eigenvalue weighted by molar-refractivity contribution is 7.86. The molecule has 0 unspecified atom stereocenters. The summed E-state index contributed by atoms with van der Waals surface area (Å²) in [5.74, 6) is 1.16. The Morgan fingerprint density at radius 2 is 2.26 bits per heavy atom. The van der Waals surface area contributed by atoms with E-state index in [2.05, 4.69) is 4.98 Å². The minimum absolute atomic E-state index is 0.00655. The zero-order chi connectivity index (χ0) is 13.6. The third kappa shape index (κ3) is 2.60. The Morgan fingerprint density at radius 3 is 2.89 bits per heavy atom. The van der Waals surface area contributed by atoms with Crippen molar-refractivity contribution in [3.8, 4) is 0 Å². The summed E-state index contributed by atoms with van der Waals surface area (Å²) in [5, 5.41) is 2.97. The van der Waals surface area contributed by atoms with E-state index in [1.165, 1.54) is 12.8 Å². The highest BCUT2D eigenvalue weighted by Gasteiger charge is 2.36. The molecule has 0 aromatic carbocycles. The van der Waals surface area contributed by atoms with Crippen LogP contribution in [0.2, 0.25) is 0 Å². The predicted octanol–water partition coefficient (Wildman–Crippen LogP) is 2.00. The average Bonchev–Trinajstić information content (AvgIpc) is 3.10. The van der Waals surface area contributed by atoms with Crippen molar-refractivity contribution < 1.29 is 9.00 Å². The molecule has 6 heteroatoms. The normalized spacial score (nSPS) is 26.4. The molecule has 1 atom stereocenters. The Balaban J connectivity index is 1.74. The van der Waals surface area contributed by atoms with E-state index >= 15 is 0 Å². The van der Waals surface area contributed by atoms with Crippen molar-refractivity contribution in [1.29, 1.82) is 0 Å². The number of nitrogens with zero attached hydrogens (tertiary/aromatic N) is 2. The number of amides is 1. The van der Waals surface area contributed by atoms with Crippen molar-refractivity contribution in [2.45, 2.75) is 37.4 Å². The molecule has 3 rings (SSSR count). The maximum atomic E-state index is 12.4. The first-order chi connectivity index (χ1) is 8.97. The molecule has 2 heterocycles. The van der Waals surface area contributed by atoms with E-state index in [1.807, 2.05) is 19.2 Å². The molecular formula is C13H18N2O2S2. The molecule has 1 saturated carbocycles. The molecule has 0 N–H and O–H groups in total. The molecule has 1 aliphatic carbocycles. The van der Waals surface area contributed by atoms with Crippen LogP contribution >= 0.6 is 11.3 Å². The van der Waals surface area contributed by atoms with Crippen LogP contribution in [0.1, 0.15) is 48.1 Å². The number of hydrogen-bond acceptors (Lipinski definition) is 4. The molecule has 4 nitrogen and oxygen atoms in total. The molecular weight excluding hydrogens is 280 g/mol. The van der Waals surface area contributed by atoms with E-state index in [9.17, 15) is 9.00 Å². The van der Waals surface area contributed by atoms with Crippen molar-refractivity contribution in [1.82, 2.24) is 9.88 Å². The highest BCUT2D eigenvalue weighted by Crippen LogP contribution is 2.41. The summed E-state index contributed by atoms with van der Waals surface area (Å²) in [7, 11) is -0.848. The summed E-state index contributed by atoms with van der Waals surface area (Å²) < 4.78 is 11.6. The summed E-state index contributed by atoms with van der Waals surface area (Å²) in [6.45, 7) is 5.04. The van der Waals surface area contributed by atoms with Crippen LogP contribution < -0.4 is 0 Å². The first-order valence-electron chi connectivity index (χ1n) is 6.60. The lowest BCUT2D eigenvalue weighted by Crippen LogP contribution is -2.52. The van der Waals surface area contributed by atoms with Gasteiger partial charge in [-0.2, -0.15) is 0 Å². The molecule has 1 saturated heterocycles. The first kappa shape index (κ1) is 13.2. The number of aromatic nitrogens is 1. The fraction of sp³-hybridized carbons (Fsp3) is 0.692. The number of rotatable bonds is 2. The zero-order valence-electron chi connectivity index (χ0n) is 11.2. The number of carbonyl (C=O) groups is 1. The first-order valence-corrected chi connectivity index (χ1v) is 8.80. The Hall–Kier alpha value is -0.750. The predicted molar refractivity (Wildman–Crippen MR) is 77.1 cm³/mol. The van der Waals surface area contributed by atoms with E-state index in [0.29, 0.717) is 30.5 Å². The van der Waals surface area contributed by atoms with Gasteiger partial charge in [-0.15, -0.1) is 11.3 Å². The van der Waals surface area contributed by atoms with Crippen LogP contribution in [0.5, 0.6) is 0 Å². The standard InChI is InChI=1S/C13H18N2O2S2/c1-13(2)8-15(5-6-19(13)17)12(16)10-7-18-11(14-10)9-3-4-9/h7,9H,3-6,8H2,1-2H3/t19-/m0/s1. The van der Waals surface area contributed by atoms with Gasteiger partial charge in [0.25, 0.3) is 5.91 Å². The maximum absolute atomic E-state index is 12.4. The van der Waals surface area contributed by atoms with Gasteiger partial charge in [0.1, 0.15) is 5.69 Å². The topological polar surface area (TPSA) is 50.3 Å². The molecule has 2 aliphatic rings. The second-order valence-electron chi connectivity index (χ2n) is 5.88. The van der Waals surface area contributed by atoms with Gasteiger partial charge >= 0.3 is 0 Å². The Morgan fingerprint density at radius 1 is 1.53 bits per heavy atom. The van der Waals surface area contributed by atoms with Crippen molar-refractivity contribution >= 4 is 28.0 Å². The summed E-state index contributed by atoms with van der Waals surface area (Å²) >= 11 is 1.59. The summed E-state index contributed by atoms with van der Waals surface area (Å²) in [5.41, 5.74) is 0.565. The molecule has 1 aliphatic heterocycles. The lowest BCUT2D eigenvalue weighted by Gasteiger charge is -2.36. The minimum Gasteiger partial charge on any atom is -0.335 e. The third-order valence-electron chi connectivity index (χ3n) is 3.69. The molecule has 1 amide bonds. The van der Waals surface area contributed by atoms with Crippen molar-refractivity contribution in [2.24, 2.45) is 0 Å². The molecule has 19 heavy (non-hydrogen) atoms. The van der Waals surface area contributed by atoms with Gasteiger partial charge in [-0.05, 0) is 26.7 Å². The highest BCUT2D eigenvalue weighted by atomic mass is 32.2. The van der Waals surface area contributed by atoms with E-state index in [0.717, 1.165) is 5.01 Å². The van der Waals surface area contributed by atoms with Gasteiger partial charge in [0.2, 0.25) is 0 Å². The van der Waals surface area contributed by atoms with Crippen molar-refractivity contribution in [3.63, 3.8) is 0 Å². The SMILES string of the molecule is CC1(C)CN(C(=O)c2csc(C3CC3)n2)CC[S@@]1=O. The summed E-state index contributed by atoms with van der Waals surface area (Å²) in [4.78, 5) is 18.7. The van der Waals surface area contributed by atoms with Gasteiger partial charge in [0.15, 0.2) is 0 Å². The van der Waals surface area contributed by atoms with Crippen LogP contribution in [-0.4, -0.2) is 43.6 Å². The molecule has 0 radical (unpaired) electrons. The Kier molecular flexibility index (Phi) is 3.25. The second-order valence-corrected chi connectivity index (χ2v) is 8.98. The number of carbonyl (C=O) groups excluding carboxylic acids is 1. The van der Waals surface area contributed by atoms with Gasteiger partial charge in [0.05, 0.1) is 9.75 Å². The van der Waals surface area contributed by atoms with Crippen LogP contribution in [0.3, 0.4) is 0 Å². The van der Waals surface area contributed by atoms with Crippen LogP contribution in [0.15, 0.2) is 5.38 Å². The monoisotopic (exact) mass is 298 g/mol. The van der Waals surface area contributed by atoms with Gasteiger partial charge in [-0.25, -0.2) is 4.98 Å². The molecule has 1 aromatic heterocycles. The van der Waals surface area contributed by atoms with Gasteiger partial charge in [0, 0.05) is 40.9 Å². The zero-order valence-corrected chi connectivity index (χ0v) is 12.9. The lowest BCUT2D eigenvalue weighted by molar-refractivity contribution is 0.0740. The van der Waals surface area contributed by atoms with E-state index in [4.69, 9.17) is 0 Å².